The van der Waals surface area contributed by atoms with Gasteiger partial charge in [0.05, 0.1) is 34.3 Å². The number of nitrogens with zero attached hydrogens (tertiary/aromatic N) is 3. The predicted octanol–water partition coefficient (Wildman–Crippen LogP) is 4.48. The molecule has 0 saturated heterocycles. The number of nitro groups is 2. The van der Waals surface area contributed by atoms with E-state index in [4.69, 9.17) is 9.47 Å². The van der Waals surface area contributed by atoms with Crippen LogP contribution in [0, 0.1) is 20.2 Å². The fraction of sp³-hybridized carbons (Fsp3) is 0.0476. The molecular formula is C21H15N3O7. The molecule has 0 aliphatic rings. The number of methoxy groups -OCH3 is 1. The first kappa shape index (κ1) is 21.1. The Labute approximate surface area is 175 Å². The van der Waals surface area contributed by atoms with E-state index in [0.29, 0.717) is 11.4 Å². The van der Waals surface area contributed by atoms with Gasteiger partial charge in [-0.1, -0.05) is 6.07 Å². The number of ether oxygens (including phenoxy) is 2. The van der Waals surface area contributed by atoms with Gasteiger partial charge in [-0.25, -0.2) is 4.79 Å². The Balaban J connectivity index is 1.73. The molecule has 0 bridgehead atoms. The molecule has 0 radical (unpaired) electrons. The zero-order valence-electron chi connectivity index (χ0n) is 16.1. The molecule has 0 aliphatic heterocycles. The molecule has 0 aliphatic carbocycles. The van der Waals surface area contributed by atoms with E-state index in [0.717, 1.165) is 23.8 Å². The Hall–Kier alpha value is -4.60. The molecule has 156 valence electrons. The van der Waals surface area contributed by atoms with E-state index < -0.39 is 27.2 Å². The summed E-state index contributed by atoms with van der Waals surface area (Å²) < 4.78 is 10.3. The Kier molecular flexibility index (Phi) is 6.31. The summed E-state index contributed by atoms with van der Waals surface area (Å²) in [5.41, 5.74) is -0.0317. The normalized spacial score (nSPS) is 10.6. The van der Waals surface area contributed by atoms with E-state index in [1.165, 1.54) is 12.1 Å². The van der Waals surface area contributed by atoms with Crippen molar-refractivity contribution in [3.05, 3.63) is 98.1 Å². The zero-order valence-corrected chi connectivity index (χ0v) is 16.1. The maximum Gasteiger partial charge on any atom is 0.344 e. The highest BCUT2D eigenvalue weighted by Gasteiger charge is 2.21. The highest BCUT2D eigenvalue weighted by Crippen LogP contribution is 2.24. The number of rotatable bonds is 7. The van der Waals surface area contributed by atoms with Crippen molar-refractivity contribution >= 4 is 29.2 Å². The molecule has 0 aromatic heterocycles. The van der Waals surface area contributed by atoms with Gasteiger partial charge in [0.15, 0.2) is 0 Å². The number of nitro benzene ring substituents is 2. The minimum Gasteiger partial charge on any atom is -0.497 e. The SMILES string of the molecule is COc1cccc(N=Cc2ccc(OC(=O)c3cc([N+](=O)[O-])cc([N+](=O)[O-])c3)cc2)c1. The smallest absolute Gasteiger partial charge is 0.344 e. The van der Waals surface area contributed by atoms with Crippen LogP contribution in [-0.4, -0.2) is 29.1 Å². The third-order valence-corrected chi connectivity index (χ3v) is 4.07. The number of benzene rings is 3. The predicted molar refractivity (Wildman–Crippen MR) is 111 cm³/mol. The molecule has 3 rings (SSSR count). The summed E-state index contributed by atoms with van der Waals surface area (Å²) in [4.78, 5) is 36.9. The lowest BCUT2D eigenvalue weighted by Crippen LogP contribution is -2.09. The van der Waals surface area contributed by atoms with Crippen LogP contribution in [0.25, 0.3) is 0 Å². The van der Waals surface area contributed by atoms with Crippen molar-refractivity contribution in [2.24, 2.45) is 4.99 Å². The van der Waals surface area contributed by atoms with Crippen LogP contribution in [0.3, 0.4) is 0 Å². The van der Waals surface area contributed by atoms with Crippen LogP contribution in [0.1, 0.15) is 15.9 Å². The Morgan fingerprint density at radius 3 is 2.13 bits per heavy atom. The van der Waals surface area contributed by atoms with E-state index in [9.17, 15) is 25.0 Å². The molecular weight excluding hydrogens is 406 g/mol. The number of carbonyl (C=O) groups is 1. The van der Waals surface area contributed by atoms with Gasteiger partial charge < -0.3 is 9.47 Å². The number of hydrogen-bond donors (Lipinski definition) is 0. The molecule has 0 N–H and O–H groups in total. The van der Waals surface area contributed by atoms with Crippen LogP contribution in [0.15, 0.2) is 71.7 Å². The van der Waals surface area contributed by atoms with Crippen LogP contribution in [0.4, 0.5) is 17.1 Å². The van der Waals surface area contributed by atoms with E-state index >= 15 is 0 Å². The molecule has 0 atom stereocenters. The zero-order chi connectivity index (χ0) is 22.4. The summed E-state index contributed by atoms with van der Waals surface area (Å²) in [6.07, 6.45) is 1.62. The summed E-state index contributed by atoms with van der Waals surface area (Å²) in [5, 5.41) is 21.9. The second-order valence-corrected chi connectivity index (χ2v) is 6.17. The van der Waals surface area contributed by atoms with Gasteiger partial charge in [-0.2, -0.15) is 0 Å². The van der Waals surface area contributed by atoms with Gasteiger partial charge in [0, 0.05) is 24.4 Å². The van der Waals surface area contributed by atoms with Crippen molar-refractivity contribution < 1.29 is 24.1 Å². The number of non-ortho nitro benzene ring substituents is 2. The van der Waals surface area contributed by atoms with Crippen LogP contribution in [0.2, 0.25) is 0 Å². The van der Waals surface area contributed by atoms with Gasteiger partial charge in [-0.3, -0.25) is 25.2 Å². The van der Waals surface area contributed by atoms with Crippen molar-refractivity contribution in [1.29, 1.82) is 0 Å². The lowest BCUT2D eigenvalue weighted by atomic mass is 10.1. The minimum absolute atomic E-state index is 0.165. The van der Waals surface area contributed by atoms with Gasteiger partial charge in [-0.15, -0.1) is 0 Å². The topological polar surface area (TPSA) is 134 Å². The summed E-state index contributed by atoms with van der Waals surface area (Å²) in [6, 6.07) is 16.1. The Bertz CT molecular complexity index is 1140. The third-order valence-electron chi connectivity index (χ3n) is 4.07. The summed E-state index contributed by atoms with van der Waals surface area (Å²) in [5.74, 6) is -0.111. The van der Waals surface area contributed by atoms with Crippen LogP contribution >= 0.6 is 0 Å². The van der Waals surface area contributed by atoms with Crippen molar-refractivity contribution in [2.75, 3.05) is 7.11 Å². The fourth-order valence-electron chi connectivity index (χ4n) is 2.55. The average Bonchev–Trinajstić information content (AvgIpc) is 2.78. The molecule has 0 saturated carbocycles. The second-order valence-electron chi connectivity index (χ2n) is 6.17. The first-order valence-electron chi connectivity index (χ1n) is 8.80. The fourth-order valence-corrected chi connectivity index (χ4v) is 2.55. The summed E-state index contributed by atoms with van der Waals surface area (Å²) in [7, 11) is 1.56. The van der Waals surface area contributed by atoms with Crippen LogP contribution in [0.5, 0.6) is 11.5 Å². The summed E-state index contributed by atoms with van der Waals surface area (Å²) >= 11 is 0. The highest BCUT2D eigenvalue weighted by atomic mass is 16.6. The number of hydrogen-bond acceptors (Lipinski definition) is 8. The van der Waals surface area contributed by atoms with Crippen molar-refractivity contribution in [3.63, 3.8) is 0 Å². The molecule has 0 spiro atoms. The van der Waals surface area contributed by atoms with Crippen molar-refractivity contribution in [1.82, 2.24) is 0 Å². The standard InChI is InChI=1S/C21H15N3O7/c1-30-20-4-2-3-16(11-20)22-13-14-5-7-19(8-6-14)31-21(25)15-9-17(23(26)27)12-18(10-15)24(28)29/h2-13H,1H3. The van der Waals surface area contributed by atoms with Crippen LogP contribution < -0.4 is 9.47 Å². The summed E-state index contributed by atoms with van der Waals surface area (Å²) in [6.45, 7) is 0. The Morgan fingerprint density at radius 1 is 0.903 bits per heavy atom. The lowest BCUT2D eigenvalue weighted by Gasteiger charge is -2.05. The first-order chi connectivity index (χ1) is 14.9. The highest BCUT2D eigenvalue weighted by molar-refractivity contribution is 5.92. The molecule has 0 amide bonds. The minimum atomic E-state index is -0.954. The van der Waals surface area contributed by atoms with Gasteiger partial charge in [0.1, 0.15) is 11.5 Å². The first-order valence-corrected chi connectivity index (χ1v) is 8.80. The maximum absolute atomic E-state index is 12.3. The average molecular weight is 421 g/mol. The molecule has 0 fully saturated rings. The molecule has 0 heterocycles. The van der Waals surface area contributed by atoms with Gasteiger partial charge in [0.2, 0.25) is 0 Å². The number of carbonyl (C=O) groups excluding carboxylic acids is 1. The van der Waals surface area contributed by atoms with E-state index in [-0.39, 0.29) is 11.3 Å². The largest absolute Gasteiger partial charge is 0.497 e. The number of esters is 1. The quantitative estimate of drug-likeness (QED) is 0.180. The molecule has 3 aromatic rings. The van der Waals surface area contributed by atoms with Crippen molar-refractivity contribution in [2.45, 2.75) is 0 Å². The van der Waals surface area contributed by atoms with Gasteiger partial charge in [0.25, 0.3) is 11.4 Å². The maximum atomic E-state index is 12.3. The molecule has 10 nitrogen and oxygen atoms in total. The van der Waals surface area contributed by atoms with E-state index in [1.54, 1.807) is 37.6 Å². The second kappa shape index (κ2) is 9.27. The van der Waals surface area contributed by atoms with Gasteiger partial charge >= 0.3 is 5.97 Å². The molecule has 3 aromatic carbocycles. The van der Waals surface area contributed by atoms with E-state index in [2.05, 4.69) is 4.99 Å². The van der Waals surface area contributed by atoms with E-state index in [1.807, 2.05) is 12.1 Å². The number of aliphatic imine (C=N–C) groups is 1. The Morgan fingerprint density at radius 2 is 1.55 bits per heavy atom. The van der Waals surface area contributed by atoms with Crippen LogP contribution in [-0.2, 0) is 0 Å². The molecule has 0 unspecified atom stereocenters. The molecule has 10 heteroatoms. The molecule has 31 heavy (non-hydrogen) atoms. The lowest BCUT2D eigenvalue weighted by molar-refractivity contribution is -0.394. The third kappa shape index (κ3) is 5.48. The monoisotopic (exact) mass is 421 g/mol. The van der Waals surface area contributed by atoms with Gasteiger partial charge in [-0.05, 0) is 42.0 Å². The van der Waals surface area contributed by atoms with Crippen molar-refractivity contribution in [3.8, 4) is 11.5 Å².